The quantitative estimate of drug-likeness (QED) is 0.349. The predicted molar refractivity (Wildman–Crippen MR) is 117 cm³/mol. The molecule has 0 aliphatic rings. The molecule has 30 heavy (non-hydrogen) atoms. The third-order valence-corrected chi connectivity index (χ3v) is 5.55. The third-order valence-electron chi connectivity index (χ3n) is 5.55. The summed E-state index contributed by atoms with van der Waals surface area (Å²) < 4.78 is 7.11. The number of aryl methyl sites for hydroxylation is 1. The summed E-state index contributed by atoms with van der Waals surface area (Å²) in [4.78, 5) is 16.9. The Bertz CT molecular complexity index is 1020. The highest BCUT2D eigenvalue weighted by atomic mass is 16.5. The van der Waals surface area contributed by atoms with Crippen LogP contribution in [-0.4, -0.2) is 22.6 Å². The van der Waals surface area contributed by atoms with Crippen LogP contribution in [0.25, 0.3) is 0 Å². The fraction of sp³-hybridized carbons (Fsp3) is 0.154. The number of benzene rings is 3. The molecule has 0 aliphatic heterocycles. The predicted octanol–water partition coefficient (Wildman–Crippen LogP) is 4.75. The van der Waals surface area contributed by atoms with Gasteiger partial charge >= 0.3 is 5.97 Å². The van der Waals surface area contributed by atoms with Gasteiger partial charge in [0.1, 0.15) is 5.54 Å². The fourth-order valence-corrected chi connectivity index (χ4v) is 4.13. The summed E-state index contributed by atoms with van der Waals surface area (Å²) in [6.07, 6.45) is 1.98. The number of hydrogen-bond donors (Lipinski definition) is 0. The zero-order valence-electron chi connectivity index (χ0n) is 17.2. The summed E-state index contributed by atoms with van der Waals surface area (Å²) in [5.74, 6) is -0.289. The van der Waals surface area contributed by atoms with Crippen LogP contribution in [0.3, 0.4) is 0 Å². The zero-order valence-corrected chi connectivity index (χ0v) is 17.2. The number of methoxy groups -OCH3 is 1. The van der Waals surface area contributed by atoms with E-state index in [4.69, 9.17) is 4.74 Å². The molecule has 0 atom stereocenters. The standard InChI is InChI=1S/C26H24N2O2/c1-20-24(18-25(29)30-2)28(19-27-20)26(21-12-6-3-7-13-21,22-14-8-4-9-15-22)23-16-10-5-11-17-23/h3-17,19H,18H2,1-2H3. The Kier molecular flexibility index (Phi) is 5.48. The molecule has 150 valence electrons. The number of hydrogen-bond acceptors (Lipinski definition) is 3. The van der Waals surface area contributed by atoms with Gasteiger partial charge in [0.05, 0.1) is 31.2 Å². The second-order valence-corrected chi connectivity index (χ2v) is 7.21. The van der Waals surface area contributed by atoms with Gasteiger partial charge in [-0.1, -0.05) is 91.0 Å². The van der Waals surface area contributed by atoms with Crippen molar-refractivity contribution in [1.82, 2.24) is 9.55 Å². The van der Waals surface area contributed by atoms with Gasteiger partial charge in [0.15, 0.2) is 0 Å². The molecule has 0 radical (unpaired) electrons. The second kappa shape index (κ2) is 8.37. The summed E-state index contributed by atoms with van der Waals surface area (Å²) in [6.45, 7) is 1.93. The number of carbonyl (C=O) groups is 1. The maximum atomic E-state index is 12.3. The minimum atomic E-state index is -0.686. The maximum Gasteiger partial charge on any atom is 0.311 e. The molecule has 0 aliphatic carbocycles. The van der Waals surface area contributed by atoms with Crippen LogP contribution in [0.4, 0.5) is 0 Å². The Hall–Kier alpha value is -3.66. The van der Waals surface area contributed by atoms with Gasteiger partial charge < -0.3 is 9.30 Å². The Balaban J connectivity index is 2.11. The van der Waals surface area contributed by atoms with E-state index in [1.54, 1.807) is 0 Å². The summed E-state index contributed by atoms with van der Waals surface area (Å²) in [7, 11) is 1.41. The number of aromatic nitrogens is 2. The maximum absolute atomic E-state index is 12.3. The van der Waals surface area contributed by atoms with Gasteiger partial charge in [-0.25, -0.2) is 4.98 Å². The van der Waals surface area contributed by atoms with Crippen LogP contribution in [0, 0.1) is 6.92 Å². The zero-order chi connectivity index (χ0) is 21.0. The summed E-state index contributed by atoms with van der Waals surface area (Å²) >= 11 is 0. The Morgan fingerprint density at radius 2 is 1.27 bits per heavy atom. The van der Waals surface area contributed by atoms with Crippen LogP contribution >= 0.6 is 0 Å². The lowest BCUT2D eigenvalue weighted by atomic mass is 9.76. The van der Waals surface area contributed by atoms with Gasteiger partial charge in [0.25, 0.3) is 0 Å². The van der Waals surface area contributed by atoms with Crippen LogP contribution in [0.5, 0.6) is 0 Å². The molecule has 1 heterocycles. The van der Waals surface area contributed by atoms with Crippen molar-refractivity contribution in [3.8, 4) is 0 Å². The molecule has 1 aromatic heterocycles. The lowest BCUT2D eigenvalue weighted by Crippen LogP contribution is -2.39. The molecule has 0 unspecified atom stereocenters. The highest BCUT2D eigenvalue weighted by Gasteiger charge is 2.40. The monoisotopic (exact) mass is 396 g/mol. The van der Waals surface area contributed by atoms with Crippen molar-refractivity contribution in [2.24, 2.45) is 0 Å². The first-order chi connectivity index (χ1) is 14.7. The van der Waals surface area contributed by atoms with Crippen molar-refractivity contribution in [3.05, 3.63) is 125 Å². The van der Waals surface area contributed by atoms with Gasteiger partial charge in [0.2, 0.25) is 0 Å². The number of rotatable bonds is 6. The van der Waals surface area contributed by atoms with E-state index in [2.05, 4.69) is 45.9 Å². The average molecular weight is 396 g/mol. The second-order valence-electron chi connectivity index (χ2n) is 7.21. The van der Waals surface area contributed by atoms with Crippen LogP contribution in [0.15, 0.2) is 97.3 Å². The van der Waals surface area contributed by atoms with E-state index >= 15 is 0 Å². The largest absolute Gasteiger partial charge is 0.469 e. The molecular formula is C26H24N2O2. The Morgan fingerprint density at radius 3 is 1.67 bits per heavy atom. The van der Waals surface area contributed by atoms with Crippen LogP contribution < -0.4 is 0 Å². The van der Waals surface area contributed by atoms with Gasteiger partial charge in [-0.2, -0.15) is 0 Å². The molecule has 4 heteroatoms. The SMILES string of the molecule is COC(=O)Cc1c(C)ncn1C(c1ccccc1)(c1ccccc1)c1ccccc1. The van der Waals surface area contributed by atoms with Crippen molar-refractivity contribution in [2.45, 2.75) is 18.9 Å². The van der Waals surface area contributed by atoms with E-state index in [1.807, 2.05) is 67.8 Å². The van der Waals surface area contributed by atoms with Gasteiger partial charge in [-0.05, 0) is 23.6 Å². The van der Waals surface area contributed by atoms with Crippen LogP contribution in [0.2, 0.25) is 0 Å². The van der Waals surface area contributed by atoms with Crippen molar-refractivity contribution < 1.29 is 9.53 Å². The molecule has 0 spiro atoms. The normalized spacial score (nSPS) is 11.3. The number of carbonyl (C=O) groups excluding carboxylic acids is 1. The third kappa shape index (κ3) is 3.30. The van der Waals surface area contributed by atoms with E-state index in [0.29, 0.717) is 0 Å². The summed E-state index contributed by atoms with van der Waals surface area (Å²) in [5.41, 5.74) is 4.22. The number of esters is 1. The molecule has 0 amide bonds. The molecule has 3 aromatic carbocycles. The highest BCUT2D eigenvalue weighted by Crippen LogP contribution is 2.42. The minimum Gasteiger partial charge on any atom is -0.469 e. The summed E-state index contributed by atoms with van der Waals surface area (Å²) in [6, 6.07) is 31.0. The first-order valence-electron chi connectivity index (χ1n) is 9.94. The van der Waals surface area contributed by atoms with Crippen LogP contribution in [-0.2, 0) is 21.5 Å². The molecule has 0 fully saturated rings. The van der Waals surface area contributed by atoms with E-state index in [9.17, 15) is 4.79 Å². The number of nitrogens with zero attached hydrogens (tertiary/aromatic N) is 2. The Labute approximate surface area is 176 Å². The molecule has 4 rings (SSSR count). The Morgan fingerprint density at radius 1 is 0.833 bits per heavy atom. The van der Waals surface area contributed by atoms with Gasteiger partial charge in [-0.3, -0.25) is 4.79 Å². The lowest BCUT2D eigenvalue weighted by molar-refractivity contribution is -0.139. The van der Waals surface area contributed by atoms with E-state index in [-0.39, 0.29) is 12.4 Å². The number of imidazole rings is 1. The fourth-order valence-electron chi connectivity index (χ4n) is 4.13. The van der Waals surface area contributed by atoms with Crippen molar-refractivity contribution in [3.63, 3.8) is 0 Å². The molecule has 4 aromatic rings. The molecular weight excluding hydrogens is 372 g/mol. The molecule has 0 N–H and O–H groups in total. The van der Waals surface area contributed by atoms with Crippen molar-refractivity contribution in [1.29, 1.82) is 0 Å². The number of ether oxygens (including phenoxy) is 1. The summed E-state index contributed by atoms with van der Waals surface area (Å²) in [5, 5.41) is 0. The van der Waals surface area contributed by atoms with Crippen molar-refractivity contribution in [2.75, 3.05) is 7.11 Å². The van der Waals surface area contributed by atoms with Crippen molar-refractivity contribution >= 4 is 5.97 Å². The topological polar surface area (TPSA) is 44.1 Å². The first kappa shape index (κ1) is 19.6. The van der Waals surface area contributed by atoms with E-state index in [1.165, 1.54) is 7.11 Å². The highest BCUT2D eigenvalue weighted by molar-refractivity contribution is 5.72. The van der Waals surface area contributed by atoms with E-state index < -0.39 is 5.54 Å². The lowest BCUT2D eigenvalue weighted by Gasteiger charge is -2.38. The molecule has 0 saturated heterocycles. The average Bonchev–Trinajstić information content (AvgIpc) is 3.17. The van der Waals surface area contributed by atoms with Crippen LogP contribution in [0.1, 0.15) is 28.1 Å². The molecule has 0 saturated carbocycles. The minimum absolute atomic E-state index is 0.149. The van der Waals surface area contributed by atoms with E-state index in [0.717, 1.165) is 28.1 Å². The molecule has 0 bridgehead atoms. The first-order valence-corrected chi connectivity index (χ1v) is 9.94. The van der Waals surface area contributed by atoms with Gasteiger partial charge in [-0.15, -0.1) is 0 Å². The van der Waals surface area contributed by atoms with Gasteiger partial charge in [0, 0.05) is 0 Å². The molecule has 4 nitrogen and oxygen atoms in total. The smallest absolute Gasteiger partial charge is 0.311 e.